The second-order valence-corrected chi connectivity index (χ2v) is 6.69. The summed E-state index contributed by atoms with van der Waals surface area (Å²) < 4.78 is 5.62. The lowest BCUT2D eigenvalue weighted by molar-refractivity contribution is -0.124. The Bertz CT molecular complexity index is 967. The first-order chi connectivity index (χ1) is 12.7. The molecule has 132 valence electrons. The van der Waals surface area contributed by atoms with E-state index in [0.29, 0.717) is 6.54 Å². The van der Waals surface area contributed by atoms with Crippen LogP contribution in [-0.4, -0.2) is 24.5 Å². The van der Waals surface area contributed by atoms with Crippen LogP contribution in [0.25, 0.3) is 10.8 Å². The van der Waals surface area contributed by atoms with Crippen molar-refractivity contribution >= 4 is 16.7 Å². The number of rotatable bonds is 4. The fraction of sp³-hybridized carbons (Fsp3) is 0.227. The van der Waals surface area contributed by atoms with Crippen LogP contribution < -0.4 is 10.5 Å². The normalized spacial score (nSPS) is 17.0. The molecule has 2 N–H and O–H groups in total. The number of nitrogens with zero attached hydrogens (tertiary/aromatic N) is 1. The molecule has 0 saturated carbocycles. The van der Waals surface area contributed by atoms with Crippen LogP contribution in [0.4, 0.5) is 0 Å². The monoisotopic (exact) mass is 346 g/mol. The van der Waals surface area contributed by atoms with Gasteiger partial charge < -0.3 is 10.5 Å². The van der Waals surface area contributed by atoms with Gasteiger partial charge >= 0.3 is 0 Å². The maximum atomic E-state index is 12.3. The number of ether oxygens (including phenoxy) is 1. The summed E-state index contributed by atoms with van der Waals surface area (Å²) in [4.78, 5) is 14.4. The maximum Gasteiger partial charge on any atom is 0.239 e. The Labute approximate surface area is 153 Å². The molecule has 4 rings (SSSR count). The van der Waals surface area contributed by atoms with Crippen molar-refractivity contribution in [2.75, 3.05) is 13.7 Å². The van der Waals surface area contributed by atoms with Crippen LogP contribution in [-0.2, 0) is 17.8 Å². The molecule has 1 atom stereocenters. The zero-order valence-corrected chi connectivity index (χ0v) is 14.8. The van der Waals surface area contributed by atoms with Crippen LogP contribution >= 0.6 is 0 Å². The number of methoxy groups -OCH3 is 1. The molecular weight excluding hydrogens is 324 g/mol. The zero-order chi connectivity index (χ0) is 18.1. The number of hydrogen-bond donors (Lipinski definition) is 1. The summed E-state index contributed by atoms with van der Waals surface area (Å²) in [5.41, 5.74) is 9.12. The smallest absolute Gasteiger partial charge is 0.239 e. The number of nitrogens with two attached hydrogens (primary N) is 1. The Kier molecular flexibility index (Phi) is 4.35. The van der Waals surface area contributed by atoms with Crippen molar-refractivity contribution in [3.05, 3.63) is 77.4 Å². The van der Waals surface area contributed by atoms with Gasteiger partial charge in [0.2, 0.25) is 5.91 Å². The van der Waals surface area contributed by atoms with Crippen molar-refractivity contribution in [1.82, 2.24) is 4.90 Å². The quantitative estimate of drug-likeness (QED) is 0.787. The Hall–Kier alpha value is -2.85. The van der Waals surface area contributed by atoms with Gasteiger partial charge in [0, 0.05) is 18.7 Å². The highest BCUT2D eigenvalue weighted by molar-refractivity contribution is 5.88. The predicted octanol–water partition coefficient (Wildman–Crippen LogP) is 3.43. The molecule has 0 spiro atoms. The Morgan fingerprint density at radius 1 is 1.12 bits per heavy atom. The molecule has 0 fully saturated rings. The van der Waals surface area contributed by atoms with Gasteiger partial charge in [-0.1, -0.05) is 54.6 Å². The first kappa shape index (κ1) is 16.6. The van der Waals surface area contributed by atoms with E-state index >= 15 is 0 Å². The summed E-state index contributed by atoms with van der Waals surface area (Å²) in [5, 5.41) is 2.31. The zero-order valence-electron chi connectivity index (χ0n) is 14.8. The summed E-state index contributed by atoms with van der Waals surface area (Å²) in [7, 11) is 1.69. The average molecular weight is 346 g/mol. The van der Waals surface area contributed by atoms with Gasteiger partial charge in [0.25, 0.3) is 0 Å². The standard InChI is InChI=1S/C22H22N2O2/c1-26-20-11-10-15-6-2-4-8-17(15)19(20)14-24-13-12-16-7-3-5-9-18(16)21(24)22(23)25/h2-11,21H,12-14H2,1H3,(H2,23,25). The molecule has 1 heterocycles. The molecule has 3 aromatic rings. The molecule has 4 heteroatoms. The lowest BCUT2D eigenvalue weighted by atomic mass is 9.91. The third-order valence-electron chi connectivity index (χ3n) is 5.23. The van der Waals surface area contributed by atoms with Crippen LogP contribution in [0.1, 0.15) is 22.7 Å². The molecule has 1 aliphatic rings. The molecule has 4 nitrogen and oxygen atoms in total. The molecule has 3 aromatic carbocycles. The van der Waals surface area contributed by atoms with Crippen molar-refractivity contribution in [2.45, 2.75) is 19.0 Å². The molecule has 1 aliphatic heterocycles. The van der Waals surface area contributed by atoms with Crippen molar-refractivity contribution in [1.29, 1.82) is 0 Å². The van der Waals surface area contributed by atoms with E-state index < -0.39 is 6.04 Å². The maximum absolute atomic E-state index is 12.3. The second kappa shape index (κ2) is 6.81. The van der Waals surface area contributed by atoms with E-state index in [2.05, 4.69) is 29.2 Å². The van der Waals surface area contributed by atoms with Crippen LogP contribution in [0.2, 0.25) is 0 Å². The van der Waals surface area contributed by atoms with Gasteiger partial charge in [-0.2, -0.15) is 0 Å². The SMILES string of the molecule is COc1ccc2ccccc2c1CN1CCc2ccccc2C1C(N)=O. The molecule has 0 aromatic heterocycles. The van der Waals surface area contributed by atoms with Gasteiger partial charge in [0.15, 0.2) is 0 Å². The van der Waals surface area contributed by atoms with E-state index in [1.807, 2.05) is 36.4 Å². The highest BCUT2D eigenvalue weighted by Gasteiger charge is 2.32. The fourth-order valence-corrected chi connectivity index (χ4v) is 4.00. The minimum atomic E-state index is -0.413. The van der Waals surface area contributed by atoms with Gasteiger partial charge in [0.1, 0.15) is 11.8 Å². The van der Waals surface area contributed by atoms with E-state index in [-0.39, 0.29) is 5.91 Å². The molecule has 26 heavy (non-hydrogen) atoms. The van der Waals surface area contributed by atoms with E-state index in [9.17, 15) is 4.79 Å². The molecular formula is C22H22N2O2. The Balaban J connectivity index is 1.78. The third kappa shape index (κ3) is 2.82. The molecule has 0 saturated heterocycles. The minimum Gasteiger partial charge on any atom is -0.496 e. The fourth-order valence-electron chi connectivity index (χ4n) is 4.00. The Morgan fingerprint density at radius 3 is 2.69 bits per heavy atom. The second-order valence-electron chi connectivity index (χ2n) is 6.69. The summed E-state index contributed by atoms with van der Waals surface area (Å²) in [5.74, 6) is 0.530. The van der Waals surface area contributed by atoms with Gasteiger partial charge in [-0.15, -0.1) is 0 Å². The van der Waals surface area contributed by atoms with E-state index in [1.54, 1.807) is 7.11 Å². The topological polar surface area (TPSA) is 55.6 Å². The number of fused-ring (bicyclic) bond motifs is 2. The van der Waals surface area contributed by atoms with Crippen molar-refractivity contribution in [3.8, 4) is 5.75 Å². The first-order valence-electron chi connectivity index (χ1n) is 8.85. The van der Waals surface area contributed by atoms with Crippen molar-refractivity contribution in [2.24, 2.45) is 5.73 Å². The summed E-state index contributed by atoms with van der Waals surface area (Å²) in [6, 6.07) is 20.0. The summed E-state index contributed by atoms with van der Waals surface area (Å²) in [6.07, 6.45) is 0.910. The number of hydrogen-bond acceptors (Lipinski definition) is 3. The Morgan fingerprint density at radius 2 is 1.88 bits per heavy atom. The van der Waals surface area contributed by atoms with E-state index in [4.69, 9.17) is 10.5 Å². The lowest BCUT2D eigenvalue weighted by Crippen LogP contribution is -2.42. The summed E-state index contributed by atoms with van der Waals surface area (Å²) in [6.45, 7) is 1.41. The van der Waals surface area contributed by atoms with E-state index in [0.717, 1.165) is 40.6 Å². The number of carbonyl (C=O) groups excluding carboxylic acids is 1. The minimum absolute atomic E-state index is 0.309. The van der Waals surface area contributed by atoms with Gasteiger partial charge in [-0.25, -0.2) is 0 Å². The number of amides is 1. The highest BCUT2D eigenvalue weighted by atomic mass is 16.5. The van der Waals surface area contributed by atoms with E-state index in [1.165, 1.54) is 5.56 Å². The van der Waals surface area contributed by atoms with Gasteiger partial charge in [-0.3, -0.25) is 9.69 Å². The summed E-state index contributed by atoms with van der Waals surface area (Å²) >= 11 is 0. The van der Waals surface area contributed by atoms with Crippen LogP contribution in [0.5, 0.6) is 5.75 Å². The van der Waals surface area contributed by atoms with Crippen LogP contribution in [0.3, 0.4) is 0 Å². The molecule has 0 aliphatic carbocycles. The van der Waals surface area contributed by atoms with Crippen LogP contribution in [0, 0.1) is 0 Å². The van der Waals surface area contributed by atoms with Gasteiger partial charge in [-0.05, 0) is 34.4 Å². The average Bonchev–Trinajstić information content (AvgIpc) is 2.67. The molecule has 0 bridgehead atoms. The molecule has 1 amide bonds. The number of carbonyl (C=O) groups is 1. The predicted molar refractivity (Wildman–Crippen MR) is 103 cm³/mol. The largest absolute Gasteiger partial charge is 0.496 e. The molecule has 0 radical (unpaired) electrons. The first-order valence-corrected chi connectivity index (χ1v) is 8.85. The van der Waals surface area contributed by atoms with Crippen molar-refractivity contribution < 1.29 is 9.53 Å². The number of benzene rings is 3. The van der Waals surface area contributed by atoms with Crippen LogP contribution in [0.15, 0.2) is 60.7 Å². The van der Waals surface area contributed by atoms with Gasteiger partial charge in [0.05, 0.1) is 7.11 Å². The molecule has 1 unspecified atom stereocenters. The van der Waals surface area contributed by atoms with Crippen molar-refractivity contribution in [3.63, 3.8) is 0 Å². The number of primary amides is 1. The third-order valence-corrected chi connectivity index (χ3v) is 5.23. The lowest BCUT2D eigenvalue weighted by Gasteiger charge is -2.36. The highest BCUT2D eigenvalue weighted by Crippen LogP contribution is 2.35.